The van der Waals surface area contributed by atoms with E-state index in [0.717, 1.165) is 11.8 Å². The molecular formula is C14H12N2O2. The van der Waals surface area contributed by atoms with Crippen molar-refractivity contribution < 1.29 is 9.90 Å². The van der Waals surface area contributed by atoms with E-state index in [0.29, 0.717) is 5.57 Å². The van der Waals surface area contributed by atoms with Crippen LogP contribution in [0.3, 0.4) is 0 Å². The van der Waals surface area contributed by atoms with Crippen LogP contribution in [0, 0.1) is 0 Å². The van der Waals surface area contributed by atoms with Crippen molar-refractivity contribution in [3.8, 4) is 0 Å². The minimum absolute atomic E-state index is 0.341. The second-order valence-corrected chi connectivity index (χ2v) is 3.72. The number of carbonyl (C=O) groups is 1. The number of hydrogen-bond donors (Lipinski definition) is 1. The molecule has 0 radical (unpaired) electrons. The number of hydrogen-bond acceptors (Lipinski definition) is 3. The van der Waals surface area contributed by atoms with Crippen LogP contribution >= 0.6 is 0 Å². The van der Waals surface area contributed by atoms with Gasteiger partial charge >= 0.3 is 5.97 Å². The first-order chi connectivity index (χ1) is 8.75. The summed E-state index contributed by atoms with van der Waals surface area (Å²) in [5, 5.41) is 17.0. The molecule has 18 heavy (non-hydrogen) atoms. The lowest BCUT2D eigenvalue weighted by Crippen LogP contribution is -2.07. The van der Waals surface area contributed by atoms with E-state index in [1.165, 1.54) is 0 Å². The van der Waals surface area contributed by atoms with E-state index < -0.39 is 5.97 Å². The molecule has 1 unspecified atom stereocenters. The van der Waals surface area contributed by atoms with Gasteiger partial charge in [0.25, 0.3) is 0 Å². The Kier molecular flexibility index (Phi) is 3.81. The number of benzene rings is 1. The molecule has 0 amide bonds. The highest BCUT2D eigenvalue weighted by Crippen LogP contribution is 2.18. The van der Waals surface area contributed by atoms with Crippen molar-refractivity contribution in [3.63, 3.8) is 0 Å². The van der Waals surface area contributed by atoms with E-state index in [9.17, 15) is 4.79 Å². The Morgan fingerprint density at radius 2 is 2.00 bits per heavy atom. The van der Waals surface area contributed by atoms with Gasteiger partial charge in [-0.2, -0.15) is 10.2 Å². The SMILES string of the molecule is O=C(O)C=C1C=CC=CC1N=Nc1ccccc1. The van der Waals surface area contributed by atoms with Gasteiger partial charge in [0.05, 0.1) is 5.69 Å². The molecule has 0 fully saturated rings. The van der Waals surface area contributed by atoms with Crippen molar-refractivity contribution in [2.45, 2.75) is 6.04 Å². The Morgan fingerprint density at radius 1 is 1.22 bits per heavy atom. The fourth-order valence-electron chi connectivity index (χ4n) is 1.55. The normalized spacial score (nSPS) is 20.7. The highest BCUT2D eigenvalue weighted by Gasteiger charge is 2.11. The Balaban J connectivity index is 2.17. The predicted octanol–water partition coefficient (Wildman–Crippen LogP) is 3.28. The van der Waals surface area contributed by atoms with Gasteiger partial charge in [0, 0.05) is 6.08 Å². The standard InChI is InChI=1S/C14H12N2O2/c17-14(18)10-11-6-4-5-9-13(11)16-15-12-7-2-1-3-8-12/h1-10,13H,(H,17,18). The van der Waals surface area contributed by atoms with Crippen LogP contribution in [0.5, 0.6) is 0 Å². The fourth-order valence-corrected chi connectivity index (χ4v) is 1.55. The Bertz CT molecular complexity index is 542. The molecule has 2 rings (SSSR count). The van der Waals surface area contributed by atoms with Crippen LogP contribution in [0.25, 0.3) is 0 Å². The Morgan fingerprint density at radius 3 is 2.72 bits per heavy atom. The van der Waals surface area contributed by atoms with E-state index >= 15 is 0 Å². The number of carboxylic acids is 1. The van der Waals surface area contributed by atoms with Crippen molar-refractivity contribution in [3.05, 3.63) is 66.3 Å². The lowest BCUT2D eigenvalue weighted by molar-refractivity contribution is -0.131. The maximum absolute atomic E-state index is 10.7. The van der Waals surface area contributed by atoms with Gasteiger partial charge in [-0.1, -0.05) is 42.5 Å². The number of azo groups is 1. The summed E-state index contributed by atoms with van der Waals surface area (Å²) in [4.78, 5) is 10.7. The maximum atomic E-state index is 10.7. The smallest absolute Gasteiger partial charge is 0.328 e. The highest BCUT2D eigenvalue weighted by molar-refractivity contribution is 5.81. The zero-order valence-electron chi connectivity index (χ0n) is 9.60. The highest BCUT2D eigenvalue weighted by atomic mass is 16.4. The van der Waals surface area contributed by atoms with Crippen molar-refractivity contribution >= 4 is 11.7 Å². The molecule has 0 saturated carbocycles. The number of carboxylic acid groups (broad SMARTS) is 1. The molecule has 0 saturated heterocycles. The number of nitrogens with zero attached hydrogens (tertiary/aromatic N) is 2. The van der Waals surface area contributed by atoms with E-state index in [1.807, 2.05) is 36.4 Å². The third-order valence-electron chi connectivity index (χ3n) is 2.38. The van der Waals surface area contributed by atoms with Crippen LogP contribution in [0.15, 0.2) is 76.5 Å². The molecule has 1 aromatic carbocycles. The summed E-state index contributed by atoms with van der Waals surface area (Å²) in [5.41, 5.74) is 1.36. The molecule has 90 valence electrons. The van der Waals surface area contributed by atoms with Crippen LogP contribution in [0.4, 0.5) is 5.69 Å². The molecule has 4 heteroatoms. The minimum Gasteiger partial charge on any atom is -0.478 e. The van der Waals surface area contributed by atoms with Gasteiger partial charge in [0.1, 0.15) is 6.04 Å². The number of allylic oxidation sites excluding steroid dienone is 2. The van der Waals surface area contributed by atoms with Crippen LogP contribution in [-0.2, 0) is 4.79 Å². The zero-order valence-corrected chi connectivity index (χ0v) is 9.60. The first-order valence-electron chi connectivity index (χ1n) is 5.51. The maximum Gasteiger partial charge on any atom is 0.328 e. The van der Waals surface area contributed by atoms with Crippen LogP contribution in [0.1, 0.15) is 0 Å². The minimum atomic E-state index is -0.982. The monoisotopic (exact) mass is 240 g/mol. The Hall–Kier alpha value is -2.49. The van der Waals surface area contributed by atoms with E-state index in [4.69, 9.17) is 5.11 Å². The topological polar surface area (TPSA) is 62.0 Å². The molecule has 1 atom stereocenters. The van der Waals surface area contributed by atoms with Crippen molar-refractivity contribution in [2.24, 2.45) is 10.2 Å². The van der Waals surface area contributed by atoms with Gasteiger partial charge in [0.2, 0.25) is 0 Å². The van der Waals surface area contributed by atoms with E-state index in [2.05, 4.69) is 10.2 Å². The first-order valence-corrected chi connectivity index (χ1v) is 5.51. The number of aliphatic carboxylic acids is 1. The van der Waals surface area contributed by atoms with Gasteiger partial charge in [-0.15, -0.1) is 0 Å². The van der Waals surface area contributed by atoms with E-state index in [1.54, 1.807) is 18.2 Å². The average Bonchev–Trinajstić information content (AvgIpc) is 2.38. The quantitative estimate of drug-likeness (QED) is 0.651. The fraction of sp³-hybridized carbons (Fsp3) is 0.0714. The summed E-state index contributed by atoms with van der Waals surface area (Å²) >= 11 is 0. The van der Waals surface area contributed by atoms with Gasteiger partial charge in [-0.05, 0) is 17.7 Å². The molecule has 4 nitrogen and oxygen atoms in total. The summed E-state index contributed by atoms with van der Waals surface area (Å²) in [6.45, 7) is 0. The second-order valence-electron chi connectivity index (χ2n) is 3.72. The molecule has 0 aromatic heterocycles. The van der Waals surface area contributed by atoms with Crippen LogP contribution < -0.4 is 0 Å². The summed E-state index contributed by atoms with van der Waals surface area (Å²) in [7, 11) is 0. The molecule has 1 aliphatic carbocycles. The molecule has 0 spiro atoms. The third-order valence-corrected chi connectivity index (χ3v) is 2.38. The summed E-state index contributed by atoms with van der Waals surface area (Å²) in [6.07, 6.45) is 8.29. The largest absolute Gasteiger partial charge is 0.478 e. The molecule has 1 aromatic rings. The summed E-state index contributed by atoms with van der Waals surface area (Å²) in [5.74, 6) is -0.982. The number of rotatable bonds is 3. The van der Waals surface area contributed by atoms with Crippen molar-refractivity contribution in [1.82, 2.24) is 0 Å². The predicted molar refractivity (Wildman–Crippen MR) is 68.7 cm³/mol. The molecule has 0 heterocycles. The van der Waals surface area contributed by atoms with Gasteiger partial charge in [-0.25, -0.2) is 4.79 Å². The van der Waals surface area contributed by atoms with E-state index in [-0.39, 0.29) is 6.04 Å². The molecule has 1 N–H and O–H groups in total. The van der Waals surface area contributed by atoms with Gasteiger partial charge in [0.15, 0.2) is 0 Å². The lowest BCUT2D eigenvalue weighted by Gasteiger charge is -2.10. The van der Waals surface area contributed by atoms with Gasteiger partial charge in [-0.3, -0.25) is 0 Å². The van der Waals surface area contributed by atoms with Crippen molar-refractivity contribution in [2.75, 3.05) is 0 Å². The molecule has 0 bridgehead atoms. The first kappa shape index (κ1) is 12.0. The van der Waals surface area contributed by atoms with Crippen molar-refractivity contribution in [1.29, 1.82) is 0 Å². The summed E-state index contributed by atoms with van der Waals surface area (Å²) < 4.78 is 0. The van der Waals surface area contributed by atoms with Crippen LogP contribution in [0.2, 0.25) is 0 Å². The Labute approximate surface area is 105 Å². The molecule has 1 aliphatic rings. The van der Waals surface area contributed by atoms with Gasteiger partial charge < -0.3 is 5.11 Å². The summed E-state index contributed by atoms with van der Waals surface area (Å²) in [6, 6.07) is 8.99. The lowest BCUT2D eigenvalue weighted by atomic mass is 10.0. The molecular weight excluding hydrogens is 228 g/mol. The van der Waals surface area contributed by atoms with Crippen LogP contribution in [-0.4, -0.2) is 17.1 Å². The third kappa shape index (κ3) is 3.25. The average molecular weight is 240 g/mol. The molecule has 0 aliphatic heterocycles. The zero-order chi connectivity index (χ0) is 12.8. The second kappa shape index (κ2) is 5.72.